The smallest absolute Gasteiger partial charge is 0.238 e. The van der Waals surface area contributed by atoms with Crippen LogP contribution in [0.15, 0.2) is 18.2 Å². The average molecular weight is 484 g/mol. The van der Waals surface area contributed by atoms with Gasteiger partial charge in [-0.05, 0) is 62.8 Å². The van der Waals surface area contributed by atoms with E-state index >= 15 is 0 Å². The number of amides is 4. The SMILES string of the molecule is Cc1ccc(NC(=O)C[C@@H]2C(=O)N[C@@H]3CCCC[C@H]3N2CC(=O)N2CCC(C(N)=O)CC2)cc1C. The number of nitrogens with zero attached hydrogens (tertiary/aromatic N) is 2. The summed E-state index contributed by atoms with van der Waals surface area (Å²) in [5.41, 5.74) is 8.35. The van der Waals surface area contributed by atoms with Crippen molar-refractivity contribution in [3.05, 3.63) is 29.3 Å². The second kappa shape index (κ2) is 10.8. The highest BCUT2D eigenvalue weighted by atomic mass is 16.2. The highest BCUT2D eigenvalue weighted by Crippen LogP contribution is 2.30. The average Bonchev–Trinajstić information content (AvgIpc) is 2.83. The molecule has 1 saturated carbocycles. The Morgan fingerprint density at radius 1 is 1.06 bits per heavy atom. The molecular formula is C26H37N5O4. The van der Waals surface area contributed by atoms with E-state index < -0.39 is 6.04 Å². The Labute approximate surface area is 206 Å². The van der Waals surface area contributed by atoms with E-state index in [2.05, 4.69) is 10.6 Å². The summed E-state index contributed by atoms with van der Waals surface area (Å²) in [7, 11) is 0. The number of carbonyl (C=O) groups excluding carboxylic acids is 4. The normalized spacial score (nSPS) is 25.5. The third-order valence-electron chi connectivity index (χ3n) is 7.92. The third-order valence-corrected chi connectivity index (χ3v) is 7.92. The number of likely N-dealkylation sites (tertiary alicyclic amines) is 1. The lowest BCUT2D eigenvalue weighted by Gasteiger charge is -2.48. The molecule has 35 heavy (non-hydrogen) atoms. The van der Waals surface area contributed by atoms with Crippen LogP contribution in [0.3, 0.4) is 0 Å². The summed E-state index contributed by atoms with van der Waals surface area (Å²) in [5, 5.41) is 6.04. The highest BCUT2D eigenvalue weighted by molar-refractivity contribution is 5.96. The first kappa shape index (κ1) is 25.2. The van der Waals surface area contributed by atoms with Gasteiger partial charge in [-0.3, -0.25) is 24.1 Å². The van der Waals surface area contributed by atoms with E-state index in [1.54, 1.807) is 4.90 Å². The number of aryl methyl sites for hydroxylation is 2. The molecule has 3 atom stereocenters. The minimum absolute atomic E-state index is 0.00343. The molecule has 0 bridgehead atoms. The van der Waals surface area contributed by atoms with Gasteiger partial charge in [0.25, 0.3) is 0 Å². The first-order valence-electron chi connectivity index (χ1n) is 12.7. The quantitative estimate of drug-likeness (QED) is 0.565. The van der Waals surface area contributed by atoms with Gasteiger partial charge < -0.3 is 21.3 Å². The van der Waals surface area contributed by atoms with Gasteiger partial charge in [0, 0.05) is 36.8 Å². The maximum atomic E-state index is 13.3. The van der Waals surface area contributed by atoms with Gasteiger partial charge in [-0.1, -0.05) is 18.9 Å². The van der Waals surface area contributed by atoms with Crippen molar-refractivity contribution in [1.29, 1.82) is 0 Å². The zero-order chi connectivity index (χ0) is 25.1. The van der Waals surface area contributed by atoms with Crippen LogP contribution in [0.4, 0.5) is 5.69 Å². The van der Waals surface area contributed by atoms with Gasteiger partial charge in [0.1, 0.15) is 0 Å². The standard InChI is InChI=1S/C26H37N5O4/c1-16-7-8-19(13-17(16)2)28-23(32)14-22-26(35)29-20-5-3-4-6-21(20)31(22)15-24(33)30-11-9-18(10-12-30)25(27)34/h7-8,13,18,20-22H,3-6,9-12,14-15H2,1-2H3,(H2,27,34)(H,28,32)(H,29,35)/t20-,21-,22-/m1/s1. The number of hydrogen-bond donors (Lipinski definition) is 3. The molecule has 3 aliphatic rings. The summed E-state index contributed by atoms with van der Waals surface area (Å²) in [4.78, 5) is 54.5. The molecule has 1 aromatic rings. The Kier molecular flexibility index (Phi) is 7.74. The van der Waals surface area contributed by atoms with Crippen LogP contribution in [-0.2, 0) is 19.2 Å². The molecule has 2 aliphatic heterocycles. The fourth-order valence-electron chi connectivity index (χ4n) is 5.65. The van der Waals surface area contributed by atoms with Gasteiger partial charge in [-0.25, -0.2) is 0 Å². The third kappa shape index (κ3) is 5.83. The van der Waals surface area contributed by atoms with Crippen molar-refractivity contribution in [3.63, 3.8) is 0 Å². The fraction of sp³-hybridized carbons (Fsp3) is 0.615. The highest BCUT2D eigenvalue weighted by Gasteiger charge is 2.44. The number of benzene rings is 1. The van der Waals surface area contributed by atoms with Gasteiger partial charge in [-0.2, -0.15) is 0 Å². The summed E-state index contributed by atoms with van der Waals surface area (Å²) in [6.45, 7) is 5.07. The van der Waals surface area contributed by atoms with Gasteiger partial charge in [0.05, 0.1) is 19.0 Å². The Bertz CT molecular complexity index is 988. The molecule has 1 aliphatic carbocycles. The Morgan fingerprint density at radius 2 is 1.77 bits per heavy atom. The number of piperazine rings is 1. The Hall–Kier alpha value is -2.94. The second-order valence-electron chi connectivity index (χ2n) is 10.3. The van der Waals surface area contributed by atoms with Crippen LogP contribution in [0.5, 0.6) is 0 Å². The summed E-state index contributed by atoms with van der Waals surface area (Å²) >= 11 is 0. The Balaban J connectivity index is 1.46. The number of hydrogen-bond acceptors (Lipinski definition) is 5. The molecular weight excluding hydrogens is 446 g/mol. The predicted octanol–water partition coefficient (Wildman–Crippen LogP) is 1.47. The zero-order valence-electron chi connectivity index (χ0n) is 20.7. The largest absolute Gasteiger partial charge is 0.369 e. The van der Waals surface area contributed by atoms with E-state index in [0.717, 1.165) is 36.8 Å². The van der Waals surface area contributed by atoms with Gasteiger partial charge in [0.15, 0.2) is 0 Å². The van der Waals surface area contributed by atoms with Gasteiger partial charge in [-0.15, -0.1) is 0 Å². The van der Waals surface area contributed by atoms with Crippen LogP contribution < -0.4 is 16.4 Å². The first-order chi connectivity index (χ1) is 16.7. The molecule has 0 spiro atoms. The number of rotatable bonds is 6. The van der Waals surface area contributed by atoms with Crippen LogP contribution in [0.1, 0.15) is 56.1 Å². The van der Waals surface area contributed by atoms with E-state index in [1.165, 1.54) is 0 Å². The number of primary amides is 1. The van der Waals surface area contributed by atoms with Crippen LogP contribution in [0.2, 0.25) is 0 Å². The molecule has 4 N–H and O–H groups in total. The molecule has 2 heterocycles. The lowest BCUT2D eigenvalue weighted by molar-refractivity contribution is -0.145. The van der Waals surface area contributed by atoms with E-state index in [9.17, 15) is 19.2 Å². The fourth-order valence-corrected chi connectivity index (χ4v) is 5.65. The predicted molar refractivity (Wildman–Crippen MR) is 132 cm³/mol. The van der Waals surface area contributed by atoms with Crippen LogP contribution in [0, 0.1) is 19.8 Å². The molecule has 190 valence electrons. The van der Waals surface area contributed by atoms with Gasteiger partial charge >= 0.3 is 0 Å². The van der Waals surface area contributed by atoms with Crippen molar-refractivity contribution < 1.29 is 19.2 Å². The number of carbonyl (C=O) groups is 4. The number of nitrogens with two attached hydrogens (primary N) is 1. The van der Waals surface area contributed by atoms with Crippen molar-refractivity contribution in [2.45, 2.75) is 76.9 Å². The number of fused-ring (bicyclic) bond motifs is 1. The molecule has 1 aromatic carbocycles. The topological polar surface area (TPSA) is 125 Å². The molecule has 9 nitrogen and oxygen atoms in total. The van der Waals surface area contributed by atoms with E-state index in [-0.39, 0.29) is 54.6 Å². The molecule has 9 heteroatoms. The van der Waals surface area contributed by atoms with E-state index in [1.807, 2.05) is 36.9 Å². The number of nitrogens with one attached hydrogen (secondary N) is 2. The first-order valence-corrected chi connectivity index (χ1v) is 12.7. The number of piperidine rings is 1. The van der Waals surface area contributed by atoms with E-state index in [0.29, 0.717) is 31.6 Å². The van der Waals surface area contributed by atoms with Crippen LogP contribution >= 0.6 is 0 Å². The summed E-state index contributed by atoms with van der Waals surface area (Å²) in [6.07, 6.45) is 4.96. The van der Waals surface area contributed by atoms with Crippen LogP contribution in [-0.4, -0.2) is 71.2 Å². The van der Waals surface area contributed by atoms with Crippen molar-refractivity contribution in [1.82, 2.24) is 15.1 Å². The van der Waals surface area contributed by atoms with Crippen molar-refractivity contribution in [2.24, 2.45) is 11.7 Å². The monoisotopic (exact) mass is 483 g/mol. The molecule has 2 saturated heterocycles. The maximum Gasteiger partial charge on any atom is 0.238 e. The molecule has 0 radical (unpaired) electrons. The molecule has 0 unspecified atom stereocenters. The van der Waals surface area contributed by atoms with Crippen LogP contribution in [0.25, 0.3) is 0 Å². The van der Waals surface area contributed by atoms with Crippen molar-refractivity contribution in [3.8, 4) is 0 Å². The summed E-state index contributed by atoms with van der Waals surface area (Å²) < 4.78 is 0. The molecule has 3 fully saturated rings. The minimum Gasteiger partial charge on any atom is -0.369 e. The zero-order valence-corrected chi connectivity index (χ0v) is 20.7. The lowest BCUT2D eigenvalue weighted by atomic mass is 9.85. The summed E-state index contributed by atoms with van der Waals surface area (Å²) in [6, 6.07) is 5.07. The lowest BCUT2D eigenvalue weighted by Crippen LogP contribution is -2.68. The maximum absolute atomic E-state index is 13.3. The minimum atomic E-state index is -0.701. The van der Waals surface area contributed by atoms with Crippen molar-refractivity contribution in [2.75, 3.05) is 25.0 Å². The molecule has 4 amide bonds. The molecule has 0 aromatic heterocycles. The Morgan fingerprint density at radius 3 is 2.46 bits per heavy atom. The van der Waals surface area contributed by atoms with Gasteiger partial charge in [0.2, 0.25) is 23.6 Å². The van der Waals surface area contributed by atoms with Crippen molar-refractivity contribution >= 4 is 29.3 Å². The number of anilines is 1. The van der Waals surface area contributed by atoms with E-state index in [4.69, 9.17) is 5.73 Å². The summed E-state index contributed by atoms with van der Waals surface area (Å²) in [5.74, 6) is -1.01. The molecule has 4 rings (SSSR count). The second-order valence-corrected chi connectivity index (χ2v) is 10.3.